The number of carboxylic acid groups (broad SMARTS) is 1. The van der Waals surface area contributed by atoms with Gasteiger partial charge < -0.3 is 14.6 Å². The van der Waals surface area contributed by atoms with E-state index in [9.17, 15) is 14.3 Å². The molecule has 0 radical (unpaired) electrons. The van der Waals surface area contributed by atoms with E-state index in [1.807, 2.05) is 49.4 Å². The molecule has 1 N–H and O–H groups in total. The van der Waals surface area contributed by atoms with Crippen molar-refractivity contribution in [1.29, 1.82) is 0 Å². The van der Waals surface area contributed by atoms with Gasteiger partial charge in [-0.05, 0) is 76.9 Å². The normalized spacial score (nSPS) is 12.3. The second-order valence-electron chi connectivity index (χ2n) is 9.56. The number of aliphatic carboxylic acids is 1. The molecule has 180 valence electrons. The second kappa shape index (κ2) is 10.7. The molecule has 0 aliphatic rings. The van der Waals surface area contributed by atoms with E-state index < -0.39 is 5.97 Å². The van der Waals surface area contributed by atoms with Crippen molar-refractivity contribution in [3.8, 4) is 22.6 Å². The van der Waals surface area contributed by atoms with Gasteiger partial charge >= 0.3 is 5.97 Å². The Hall–Kier alpha value is -3.34. The monoisotopic (exact) mass is 464 g/mol. The molecule has 0 spiro atoms. The summed E-state index contributed by atoms with van der Waals surface area (Å²) in [4.78, 5) is 11.3. The maximum atomic E-state index is 14.8. The van der Waals surface area contributed by atoms with Crippen molar-refractivity contribution in [2.75, 3.05) is 7.11 Å². The Kier molecular flexibility index (Phi) is 7.98. The summed E-state index contributed by atoms with van der Waals surface area (Å²) >= 11 is 0. The van der Waals surface area contributed by atoms with Crippen molar-refractivity contribution < 1.29 is 23.8 Å². The summed E-state index contributed by atoms with van der Waals surface area (Å²) in [5.41, 5.74) is 4.07. The molecule has 0 fully saturated rings. The molecule has 0 unspecified atom stereocenters. The van der Waals surface area contributed by atoms with Gasteiger partial charge in [0.05, 0.1) is 13.0 Å². The minimum Gasteiger partial charge on any atom is -0.497 e. The maximum Gasteiger partial charge on any atom is 0.306 e. The van der Waals surface area contributed by atoms with Gasteiger partial charge in [0.25, 0.3) is 0 Å². The molecule has 5 heteroatoms. The van der Waals surface area contributed by atoms with Crippen molar-refractivity contribution in [2.24, 2.45) is 5.92 Å². The topological polar surface area (TPSA) is 55.8 Å². The lowest BCUT2D eigenvalue weighted by molar-refractivity contribution is -0.141. The summed E-state index contributed by atoms with van der Waals surface area (Å²) in [5.74, 6) is -0.160. The Balaban J connectivity index is 1.82. The van der Waals surface area contributed by atoms with E-state index in [2.05, 4.69) is 20.8 Å². The predicted molar refractivity (Wildman–Crippen MR) is 133 cm³/mol. The van der Waals surface area contributed by atoms with Crippen molar-refractivity contribution in [1.82, 2.24) is 0 Å². The molecular formula is C29H33FO4. The first-order valence-electron chi connectivity index (χ1n) is 11.5. The molecule has 0 aliphatic heterocycles. The largest absolute Gasteiger partial charge is 0.497 e. The minimum absolute atomic E-state index is 0.174. The molecule has 0 heterocycles. The van der Waals surface area contributed by atoms with Gasteiger partial charge in [0.15, 0.2) is 0 Å². The van der Waals surface area contributed by atoms with Crippen molar-refractivity contribution >= 4 is 5.97 Å². The zero-order valence-electron chi connectivity index (χ0n) is 20.5. The van der Waals surface area contributed by atoms with E-state index in [0.29, 0.717) is 36.5 Å². The molecule has 0 saturated carbocycles. The Morgan fingerprint density at radius 1 is 0.941 bits per heavy atom. The molecule has 3 aromatic carbocycles. The van der Waals surface area contributed by atoms with Gasteiger partial charge in [-0.2, -0.15) is 0 Å². The van der Waals surface area contributed by atoms with Gasteiger partial charge in [-0.25, -0.2) is 4.39 Å². The van der Waals surface area contributed by atoms with Gasteiger partial charge in [0.2, 0.25) is 0 Å². The van der Waals surface area contributed by atoms with Crippen LogP contribution in [0.5, 0.6) is 11.5 Å². The van der Waals surface area contributed by atoms with Crippen LogP contribution in [0.4, 0.5) is 4.39 Å². The van der Waals surface area contributed by atoms with Gasteiger partial charge in [-0.15, -0.1) is 0 Å². The molecule has 4 nitrogen and oxygen atoms in total. The first kappa shape index (κ1) is 25.3. The minimum atomic E-state index is -0.773. The summed E-state index contributed by atoms with van der Waals surface area (Å²) in [6, 6.07) is 18.3. The van der Waals surface area contributed by atoms with Crippen LogP contribution in [-0.2, 0) is 23.2 Å². The van der Waals surface area contributed by atoms with Gasteiger partial charge in [-0.1, -0.05) is 52.0 Å². The first-order valence-corrected chi connectivity index (χ1v) is 11.5. The van der Waals surface area contributed by atoms with E-state index in [-0.39, 0.29) is 17.2 Å². The van der Waals surface area contributed by atoms with Crippen LogP contribution in [0.15, 0.2) is 60.7 Å². The SMILES string of the molecule is CC[C@H](Cc1ccc(OCc2ccc(C(C)(C)C)c(-c3cc(OC)ccc3F)c2)cc1)C(=O)O. The van der Waals surface area contributed by atoms with Crippen LogP contribution in [0.25, 0.3) is 11.1 Å². The molecule has 0 bridgehead atoms. The quantitative estimate of drug-likeness (QED) is 0.369. The number of hydrogen-bond acceptors (Lipinski definition) is 3. The van der Waals surface area contributed by atoms with Crippen LogP contribution in [0.2, 0.25) is 0 Å². The highest BCUT2D eigenvalue weighted by molar-refractivity contribution is 5.71. The summed E-state index contributed by atoms with van der Waals surface area (Å²) in [6.07, 6.45) is 1.09. The zero-order valence-corrected chi connectivity index (χ0v) is 20.5. The van der Waals surface area contributed by atoms with Crippen LogP contribution in [0.3, 0.4) is 0 Å². The molecule has 0 saturated heterocycles. The fourth-order valence-electron chi connectivity index (χ4n) is 3.98. The molecular weight excluding hydrogens is 431 g/mol. The van der Waals surface area contributed by atoms with Crippen LogP contribution in [0.1, 0.15) is 50.8 Å². The molecule has 0 amide bonds. The number of carbonyl (C=O) groups is 1. The third kappa shape index (κ3) is 6.16. The summed E-state index contributed by atoms with van der Waals surface area (Å²) in [6.45, 7) is 8.53. The fourth-order valence-corrected chi connectivity index (χ4v) is 3.98. The lowest BCUT2D eigenvalue weighted by Crippen LogP contribution is -2.15. The van der Waals surface area contributed by atoms with Crippen LogP contribution >= 0.6 is 0 Å². The third-order valence-electron chi connectivity index (χ3n) is 6.01. The number of carboxylic acids is 1. The molecule has 0 aromatic heterocycles. The van der Waals surface area contributed by atoms with Crippen LogP contribution in [-0.4, -0.2) is 18.2 Å². The smallest absolute Gasteiger partial charge is 0.306 e. The molecule has 34 heavy (non-hydrogen) atoms. The average molecular weight is 465 g/mol. The number of benzene rings is 3. The van der Waals surface area contributed by atoms with Crippen molar-refractivity contribution in [3.63, 3.8) is 0 Å². The molecule has 3 rings (SSSR count). The van der Waals surface area contributed by atoms with E-state index >= 15 is 0 Å². The van der Waals surface area contributed by atoms with E-state index in [1.54, 1.807) is 19.2 Å². The second-order valence-corrected chi connectivity index (χ2v) is 9.56. The lowest BCUT2D eigenvalue weighted by Gasteiger charge is -2.24. The number of methoxy groups -OCH3 is 1. The zero-order chi connectivity index (χ0) is 24.9. The predicted octanol–water partition coefficient (Wildman–Crippen LogP) is 7.03. The summed E-state index contributed by atoms with van der Waals surface area (Å²) in [5, 5.41) is 9.27. The van der Waals surface area contributed by atoms with Crippen LogP contribution < -0.4 is 9.47 Å². The Labute approximate surface area is 201 Å². The van der Waals surface area contributed by atoms with Crippen molar-refractivity contribution in [3.05, 3.63) is 83.2 Å². The highest BCUT2D eigenvalue weighted by atomic mass is 19.1. The third-order valence-corrected chi connectivity index (χ3v) is 6.01. The number of hydrogen-bond donors (Lipinski definition) is 1. The number of rotatable bonds is 9. The van der Waals surface area contributed by atoms with Gasteiger partial charge in [-0.3, -0.25) is 4.79 Å². The average Bonchev–Trinajstić information content (AvgIpc) is 2.81. The molecule has 0 aliphatic carbocycles. The lowest BCUT2D eigenvalue weighted by atomic mass is 9.81. The number of ether oxygens (including phenoxy) is 2. The standard InChI is InChI=1S/C29H33FO4/c1-6-21(28(31)32)15-19-7-10-22(11-8-19)34-18-20-9-13-26(29(2,3)4)24(16-20)25-17-23(33-5)12-14-27(25)30/h7-14,16-17,21H,6,15,18H2,1-5H3,(H,31,32)/t21-/m1/s1. The fraction of sp³-hybridized carbons (Fsp3) is 0.345. The number of halogens is 1. The highest BCUT2D eigenvalue weighted by Gasteiger charge is 2.21. The van der Waals surface area contributed by atoms with E-state index in [4.69, 9.17) is 9.47 Å². The summed E-state index contributed by atoms with van der Waals surface area (Å²) in [7, 11) is 1.57. The van der Waals surface area contributed by atoms with Gasteiger partial charge in [0, 0.05) is 5.56 Å². The summed E-state index contributed by atoms with van der Waals surface area (Å²) < 4.78 is 26.1. The Morgan fingerprint density at radius 3 is 2.18 bits per heavy atom. The molecule has 1 atom stereocenters. The molecule has 3 aromatic rings. The highest BCUT2D eigenvalue weighted by Crippen LogP contribution is 2.36. The van der Waals surface area contributed by atoms with E-state index in [0.717, 1.165) is 22.3 Å². The first-order chi connectivity index (χ1) is 16.1. The Morgan fingerprint density at radius 2 is 1.59 bits per heavy atom. The van der Waals surface area contributed by atoms with Gasteiger partial charge in [0.1, 0.15) is 23.9 Å². The van der Waals surface area contributed by atoms with E-state index in [1.165, 1.54) is 6.07 Å². The Bertz CT molecular complexity index is 1130. The maximum absolute atomic E-state index is 14.8. The van der Waals surface area contributed by atoms with Crippen LogP contribution in [0, 0.1) is 11.7 Å². The van der Waals surface area contributed by atoms with Crippen molar-refractivity contribution in [2.45, 2.75) is 52.6 Å².